The number of hydrogen-bond donors (Lipinski definition) is 1. The molecule has 1 aliphatic rings. The first-order valence-corrected chi connectivity index (χ1v) is 12.4. The molecule has 1 fully saturated rings. The number of methoxy groups -OCH3 is 1. The van der Waals surface area contributed by atoms with Crippen molar-refractivity contribution in [2.24, 2.45) is 5.92 Å². The van der Waals surface area contributed by atoms with E-state index in [1.165, 1.54) is 0 Å². The topological polar surface area (TPSA) is 49.8 Å². The molecule has 4 aromatic carbocycles. The maximum absolute atomic E-state index is 13.6. The Kier molecular flexibility index (Phi) is 6.62. The highest BCUT2D eigenvalue weighted by atomic mass is 16.5. The fraction of sp³-hybridized carbons (Fsp3) is 0.219. The molecule has 0 bridgehead atoms. The van der Waals surface area contributed by atoms with E-state index in [0.29, 0.717) is 12.8 Å². The van der Waals surface area contributed by atoms with Crippen molar-refractivity contribution >= 4 is 11.6 Å². The second-order valence-corrected chi connectivity index (χ2v) is 9.50. The van der Waals surface area contributed by atoms with Crippen molar-refractivity contribution in [3.05, 3.63) is 131 Å². The molecule has 0 radical (unpaired) electrons. The molecule has 2 unspecified atom stereocenters. The van der Waals surface area contributed by atoms with Crippen LogP contribution in [-0.4, -0.2) is 18.1 Å². The third-order valence-corrected chi connectivity index (χ3v) is 7.30. The third kappa shape index (κ3) is 4.40. The average molecular weight is 478 g/mol. The fourth-order valence-electron chi connectivity index (χ4n) is 5.25. The predicted octanol–water partition coefficient (Wildman–Crippen LogP) is 6.42. The Labute approximate surface area is 212 Å². The lowest BCUT2D eigenvalue weighted by Crippen LogP contribution is -2.55. The number of carbonyl (C=O) groups excluding carboxylic acids is 1. The van der Waals surface area contributed by atoms with Gasteiger partial charge in [0.25, 0.3) is 0 Å². The molecule has 1 N–H and O–H groups in total. The average Bonchev–Trinajstić information content (AvgIpc) is 2.93. The minimum atomic E-state index is -1.18. The van der Waals surface area contributed by atoms with Crippen molar-refractivity contribution in [2.75, 3.05) is 12.0 Å². The van der Waals surface area contributed by atoms with Crippen LogP contribution in [0.25, 0.3) is 0 Å². The Bertz CT molecular complexity index is 1260. The zero-order valence-corrected chi connectivity index (χ0v) is 20.7. The molecular weight excluding hydrogens is 446 g/mol. The summed E-state index contributed by atoms with van der Waals surface area (Å²) in [6, 6.07) is 35.4. The van der Waals surface area contributed by atoms with Gasteiger partial charge in [0.15, 0.2) is 0 Å². The van der Waals surface area contributed by atoms with Gasteiger partial charge < -0.3 is 14.7 Å². The highest BCUT2D eigenvalue weighted by molar-refractivity contribution is 6.03. The van der Waals surface area contributed by atoms with E-state index in [4.69, 9.17) is 4.74 Å². The van der Waals surface area contributed by atoms with Crippen LogP contribution >= 0.6 is 0 Å². The number of rotatable bonds is 8. The van der Waals surface area contributed by atoms with E-state index in [1.54, 1.807) is 7.11 Å². The van der Waals surface area contributed by atoms with Gasteiger partial charge in [-0.25, -0.2) is 0 Å². The van der Waals surface area contributed by atoms with Crippen molar-refractivity contribution in [2.45, 2.75) is 31.4 Å². The summed E-state index contributed by atoms with van der Waals surface area (Å²) in [6.45, 7) is 2.04. The molecule has 1 aliphatic heterocycles. The van der Waals surface area contributed by atoms with E-state index in [2.05, 4.69) is 0 Å². The molecule has 182 valence electrons. The van der Waals surface area contributed by atoms with Crippen LogP contribution < -0.4 is 9.64 Å². The van der Waals surface area contributed by atoms with Gasteiger partial charge in [-0.3, -0.25) is 4.79 Å². The first-order chi connectivity index (χ1) is 17.5. The molecule has 5 rings (SSSR count). The maximum atomic E-state index is 13.6. The molecule has 4 heteroatoms. The molecule has 1 amide bonds. The highest BCUT2D eigenvalue weighted by Gasteiger charge is 2.49. The Morgan fingerprint density at radius 2 is 1.36 bits per heavy atom. The Hall–Kier alpha value is -3.89. The van der Waals surface area contributed by atoms with Gasteiger partial charge in [-0.15, -0.1) is 0 Å². The summed E-state index contributed by atoms with van der Waals surface area (Å²) in [5.41, 5.74) is 3.59. The number of ether oxygens (including phenoxy) is 1. The van der Waals surface area contributed by atoms with Crippen LogP contribution in [-0.2, 0) is 10.4 Å². The molecule has 4 aromatic rings. The van der Waals surface area contributed by atoms with Gasteiger partial charge in [-0.2, -0.15) is 0 Å². The van der Waals surface area contributed by atoms with Gasteiger partial charge in [-0.05, 0) is 60.7 Å². The van der Waals surface area contributed by atoms with Gasteiger partial charge >= 0.3 is 0 Å². The molecule has 1 heterocycles. The Morgan fingerprint density at radius 1 is 0.806 bits per heavy atom. The number of aryl methyl sites for hydroxylation is 1. The summed E-state index contributed by atoms with van der Waals surface area (Å²) in [4.78, 5) is 15.4. The fourth-order valence-corrected chi connectivity index (χ4v) is 5.25. The van der Waals surface area contributed by atoms with Crippen LogP contribution in [0.4, 0.5) is 5.69 Å². The van der Waals surface area contributed by atoms with Gasteiger partial charge in [0, 0.05) is 5.69 Å². The zero-order valence-electron chi connectivity index (χ0n) is 20.7. The van der Waals surface area contributed by atoms with Crippen LogP contribution in [0.3, 0.4) is 0 Å². The molecule has 0 saturated carbocycles. The van der Waals surface area contributed by atoms with Gasteiger partial charge in [0.1, 0.15) is 11.4 Å². The van der Waals surface area contributed by atoms with Gasteiger partial charge in [0.05, 0.1) is 19.1 Å². The first kappa shape index (κ1) is 23.8. The lowest BCUT2D eigenvalue weighted by molar-refractivity contribution is -0.131. The highest BCUT2D eigenvalue weighted by Crippen LogP contribution is 2.48. The number of aliphatic hydroxyl groups is 1. The quantitative estimate of drug-likeness (QED) is 0.298. The Morgan fingerprint density at radius 3 is 1.89 bits per heavy atom. The van der Waals surface area contributed by atoms with Crippen LogP contribution in [0.1, 0.15) is 41.1 Å². The summed E-state index contributed by atoms with van der Waals surface area (Å²) in [6.07, 6.45) is 0.990. The first-order valence-electron chi connectivity index (χ1n) is 12.4. The van der Waals surface area contributed by atoms with Crippen LogP contribution in [0.2, 0.25) is 0 Å². The molecule has 2 atom stereocenters. The number of hydrogen-bond acceptors (Lipinski definition) is 3. The number of β-lactam (4-membered cyclic amide) rings is 1. The summed E-state index contributed by atoms with van der Waals surface area (Å²) < 4.78 is 5.35. The van der Waals surface area contributed by atoms with Crippen LogP contribution in [0, 0.1) is 12.8 Å². The molecule has 0 aliphatic carbocycles. The van der Waals surface area contributed by atoms with E-state index in [9.17, 15) is 9.90 Å². The summed E-state index contributed by atoms with van der Waals surface area (Å²) >= 11 is 0. The number of nitrogens with zero attached hydrogens (tertiary/aromatic N) is 1. The summed E-state index contributed by atoms with van der Waals surface area (Å²) in [5, 5.41) is 12.0. The van der Waals surface area contributed by atoms with Crippen LogP contribution in [0.15, 0.2) is 109 Å². The maximum Gasteiger partial charge on any atom is 0.233 e. The third-order valence-electron chi connectivity index (χ3n) is 7.30. The monoisotopic (exact) mass is 477 g/mol. The number of anilines is 1. The van der Waals surface area contributed by atoms with E-state index in [1.807, 2.05) is 121 Å². The molecule has 36 heavy (non-hydrogen) atoms. The van der Waals surface area contributed by atoms with Crippen molar-refractivity contribution < 1.29 is 14.6 Å². The molecule has 4 nitrogen and oxygen atoms in total. The lowest BCUT2D eigenvalue weighted by Gasteiger charge is -2.48. The second-order valence-electron chi connectivity index (χ2n) is 9.50. The molecular formula is C32H31NO3. The van der Waals surface area contributed by atoms with Crippen molar-refractivity contribution in [1.82, 2.24) is 0 Å². The van der Waals surface area contributed by atoms with Gasteiger partial charge in [0.2, 0.25) is 5.91 Å². The molecule has 0 spiro atoms. The summed E-state index contributed by atoms with van der Waals surface area (Å²) in [7, 11) is 1.65. The SMILES string of the molecule is COc1ccc(C2C(CCC(O)(c3ccccc3)c3ccccc3)C(=O)N2c2ccc(C)cc2)cc1. The summed E-state index contributed by atoms with van der Waals surface area (Å²) in [5.74, 6) is 0.632. The minimum absolute atomic E-state index is 0.0862. The second kappa shape index (κ2) is 10.00. The van der Waals surface area contributed by atoms with E-state index in [0.717, 1.165) is 33.7 Å². The number of benzene rings is 4. The van der Waals surface area contributed by atoms with E-state index in [-0.39, 0.29) is 17.9 Å². The van der Waals surface area contributed by atoms with Crippen molar-refractivity contribution in [3.63, 3.8) is 0 Å². The number of amides is 1. The standard InChI is InChI=1S/C32H31NO3/c1-23-13-17-27(18-14-23)33-30(24-15-19-28(36-2)20-16-24)29(31(33)34)21-22-32(35,25-9-5-3-6-10-25)26-11-7-4-8-12-26/h3-20,29-30,35H,21-22H2,1-2H3. The molecule has 0 aromatic heterocycles. The van der Waals surface area contributed by atoms with E-state index < -0.39 is 5.60 Å². The normalized spacial score (nSPS) is 17.5. The number of carbonyl (C=O) groups is 1. The van der Waals surface area contributed by atoms with Crippen LogP contribution in [0.5, 0.6) is 5.75 Å². The smallest absolute Gasteiger partial charge is 0.233 e. The predicted molar refractivity (Wildman–Crippen MR) is 143 cm³/mol. The van der Waals surface area contributed by atoms with Crippen molar-refractivity contribution in [3.8, 4) is 5.75 Å². The van der Waals surface area contributed by atoms with E-state index >= 15 is 0 Å². The molecule has 1 saturated heterocycles. The largest absolute Gasteiger partial charge is 0.497 e. The minimum Gasteiger partial charge on any atom is -0.497 e. The van der Waals surface area contributed by atoms with Crippen molar-refractivity contribution in [1.29, 1.82) is 0 Å². The van der Waals surface area contributed by atoms with Gasteiger partial charge in [-0.1, -0.05) is 90.5 Å². The zero-order chi connectivity index (χ0) is 25.1. The lowest BCUT2D eigenvalue weighted by atomic mass is 9.74. The Balaban J connectivity index is 1.47.